The van der Waals surface area contributed by atoms with Gasteiger partial charge in [0.15, 0.2) is 0 Å². The third kappa shape index (κ3) is 2.41. The van der Waals surface area contributed by atoms with Gasteiger partial charge in [-0.05, 0) is 52.4 Å². The van der Waals surface area contributed by atoms with E-state index in [2.05, 4.69) is 45.2 Å². The van der Waals surface area contributed by atoms with Crippen molar-refractivity contribution in [2.45, 2.75) is 25.4 Å². The molecule has 3 rings (SSSR count). The molecule has 1 unspecified atom stereocenters. The molecule has 1 aliphatic rings. The normalized spacial score (nSPS) is 18.2. The Balaban J connectivity index is 1.84. The Labute approximate surface area is 115 Å². The van der Waals surface area contributed by atoms with Gasteiger partial charge in [0.1, 0.15) is 6.10 Å². The molecule has 2 nitrogen and oxygen atoms in total. The zero-order chi connectivity index (χ0) is 12.4. The maximum Gasteiger partial charge on any atom is 0.213 e. The van der Waals surface area contributed by atoms with E-state index < -0.39 is 0 Å². The fraction of sp³-hybridized carbons (Fsp3) is 0.267. The van der Waals surface area contributed by atoms with Crippen LogP contribution < -0.4 is 4.74 Å². The number of nitrogens with zero attached hydrogens (tertiary/aromatic N) is 1. The Morgan fingerprint density at radius 2 is 2.06 bits per heavy atom. The number of hydrogen-bond donors (Lipinski definition) is 0. The molecule has 1 aliphatic carbocycles. The zero-order valence-corrected chi connectivity index (χ0v) is 11.6. The summed E-state index contributed by atoms with van der Waals surface area (Å²) in [5.74, 6) is 0.694. The van der Waals surface area contributed by atoms with Crippen LogP contribution >= 0.6 is 15.9 Å². The highest BCUT2D eigenvalue weighted by Crippen LogP contribution is 2.32. The summed E-state index contributed by atoms with van der Waals surface area (Å²) in [6.45, 7) is 0. The van der Waals surface area contributed by atoms with E-state index >= 15 is 0 Å². The topological polar surface area (TPSA) is 22.1 Å². The quantitative estimate of drug-likeness (QED) is 0.825. The van der Waals surface area contributed by atoms with Crippen molar-refractivity contribution in [2.24, 2.45) is 0 Å². The van der Waals surface area contributed by atoms with E-state index in [-0.39, 0.29) is 6.10 Å². The second-order valence-electron chi connectivity index (χ2n) is 4.51. The van der Waals surface area contributed by atoms with E-state index in [0.29, 0.717) is 5.88 Å². The monoisotopic (exact) mass is 303 g/mol. The Morgan fingerprint density at radius 1 is 1.17 bits per heavy atom. The van der Waals surface area contributed by atoms with Crippen molar-refractivity contribution in [3.63, 3.8) is 0 Å². The number of halogens is 1. The second-order valence-corrected chi connectivity index (χ2v) is 5.43. The molecule has 0 saturated heterocycles. The molecule has 0 saturated carbocycles. The van der Waals surface area contributed by atoms with E-state index in [4.69, 9.17) is 4.74 Å². The summed E-state index contributed by atoms with van der Waals surface area (Å²) in [7, 11) is 0. The predicted molar refractivity (Wildman–Crippen MR) is 74.7 cm³/mol. The van der Waals surface area contributed by atoms with E-state index in [1.165, 1.54) is 17.5 Å². The highest BCUT2D eigenvalue weighted by atomic mass is 79.9. The van der Waals surface area contributed by atoms with Crippen LogP contribution in [0.25, 0.3) is 0 Å². The summed E-state index contributed by atoms with van der Waals surface area (Å²) in [5.41, 5.74) is 2.72. The lowest BCUT2D eigenvalue weighted by atomic mass is 9.89. The molecule has 1 aromatic heterocycles. The molecule has 3 heteroatoms. The number of benzene rings is 1. The molecule has 18 heavy (non-hydrogen) atoms. The van der Waals surface area contributed by atoms with Gasteiger partial charge in [0.2, 0.25) is 5.88 Å². The standard InChI is InChI=1S/C15H14BrNO/c16-12-8-9-15(17-10-12)18-14-7-3-5-11-4-1-2-6-13(11)14/h1-2,4,6,8-10,14H,3,5,7H2. The zero-order valence-electron chi connectivity index (χ0n) is 9.97. The van der Waals surface area contributed by atoms with Crippen molar-refractivity contribution in [1.82, 2.24) is 4.98 Å². The van der Waals surface area contributed by atoms with Crippen molar-refractivity contribution >= 4 is 15.9 Å². The summed E-state index contributed by atoms with van der Waals surface area (Å²) in [5, 5.41) is 0. The van der Waals surface area contributed by atoms with Crippen LogP contribution in [0.15, 0.2) is 47.1 Å². The van der Waals surface area contributed by atoms with Crippen LogP contribution in [0.4, 0.5) is 0 Å². The van der Waals surface area contributed by atoms with Gasteiger partial charge in [-0.1, -0.05) is 24.3 Å². The lowest BCUT2D eigenvalue weighted by Crippen LogP contribution is -2.15. The van der Waals surface area contributed by atoms with Gasteiger partial charge < -0.3 is 4.74 Å². The Hall–Kier alpha value is -1.35. The smallest absolute Gasteiger partial charge is 0.213 e. The summed E-state index contributed by atoms with van der Waals surface area (Å²) < 4.78 is 6.98. The number of hydrogen-bond acceptors (Lipinski definition) is 2. The molecule has 0 fully saturated rings. The van der Waals surface area contributed by atoms with Crippen molar-refractivity contribution in [3.05, 3.63) is 58.2 Å². The molecule has 92 valence electrons. The van der Waals surface area contributed by atoms with E-state index in [0.717, 1.165) is 17.3 Å². The van der Waals surface area contributed by atoms with Crippen LogP contribution in [0, 0.1) is 0 Å². The Kier molecular flexibility index (Phi) is 3.33. The van der Waals surface area contributed by atoms with Crippen molar-refractivity contribution in [1.29, 1.82) is 0 Å². The average Bonchev–Trinajstić information content (AvgIpc) is 2.42. The third-order valence-corrected chi connectivity index (χ3v) is 3.75. The van der Waals surface area contributed by atoms with E-state index in [9.17, 15) is 0 Å². The van der Waals surface area contributed by atoms with Gasteiger partial charge in [0, 0.05) is 16.7 Å². The number of aromatic nitrogens is 1. The highest BCUT2D eigenvalue weighted by molar-refractivity contribution is 9.10. The third-order valence-electron chi connectivity index (χ3n) is 3.28. The van der Waals surface area contributed by atoms with Crippen LogP contribution in [-0.4, -0.2) is 4.98 Å². The van der Waals surface area contributed by atoms with Crippen LogP contribution in [0.2, 0.25) is 0 Å². The Morgan fingerprint density at radius 3 is 2.89 bits per heavy atom. The lowest BCUT2D eigenvalue weighted by Gasteiger charge is -2.25. The van der Waals surface area contributed by atoms with Crippen molar-refractivity contribution < 1.29 is 4.74 Å². The van der Waals surface area contributed by atoms with Crippen LogP contribution in [0.1, 0.15) is 30.1 Å². The maximum absolute atomic E-state index is 6.00. The molecular formula is C15H14BrNO. The molecule has 0 N–H and O–H groups in total. The molecule has 1 atom stereocenters. The summed E-state index contributed by atoms with van der Waals surface area (Å²) in [4.78, 5) is 4.28. The molecule has 0 spiro atoms. The van der Waals surface area contributed by atoms with Gasteiger partial charge in [-0.25, -0.2) is 4.98 Å². The van der Waals surface area contributed by atoms with E-state index in [1.807, 2.05) is 12.1 Å². The molecule has 0 bridgehead atoms. The molecule has 0 radical (unpaired) electrons. The number of fused-ring (bicyclic) bond motifs is 1. The second kappa shape index (κ2) is 5.11. The van der Waals surface area contributed by atoms with E-state index in [1.54, 1.807) is 6.20 Å². The van der Waals surface area contributed by atoms with Gasteiger partial charge in [0.25, 0.3) is 0 Å². The predicted octanol–water partition coefficient (Wildman–Crippen LogP) is 4.30. The summed E-state index contributed by atoms with van der Waals surface area (Å²) in [6, 6.07) is 12.4. The van der Waals surface area contributed by atoms with Gasteiger partial charge in [0.05, 0.1) is 0 Å². The van der Waals surface area contributed by atoms with Gasteiger partial charge >= 0.3 is 0 Å². The minimum absolute atomic E-state index is 0.142. The largest absolute Gasteiger partial charge is 0.469 e. The highest BCUT2D eigenvalue weighted by Gasteiger charge is 2.21. The first-order valence-electron chi connectivity index (χ1n) is 6.19. The molecule has 0 amide bonds. The first-order chi connectivity index (χ1) is 8.83. The van der Waals surface area contributed by atoms with Crippen LogP contribution in [0.5, 0.6) is 5.88 Å². The minimum Gasteiger partial charge on any atom is -0.469 e. The first kappa shape index (κ1) is 11.7. The Bertz CT molecular complexity index is 538. The van der Waals surface area contributed by atoms with Crippen molar-refractivity contribution in [2.75, 3.05) is 0 Å². The van der Waals surface area contributed by atoms with Gasteiger partial charge in [-0.15, -0.1) is 0 Å². The van der Waals surface area contributed by atoms with Crippen LogP contribution in [0.3, 0.4) is 0 Å². The average molecular weight is 304 g/mol. The molecule has 0 aliphatic heterocycles. The van der Waals surface area contributed by atoms with Gasteiger partial charge in [-0.2, -0.15) is 0 Å². The molecule has 1 heterocycles. The maximum atomic E-state index is 6.00. The lowest BCUT2D eigenvalue weighted by molar-refractivity contribution is 0.176. The minimum atomic E-state index is 0.142. The fourth-order valence-electron chi connectivity index (χ4n) is 2.41. The molecule has 2 aromatic rings. The fourth-order valence-corrected chi connectivity index (χ4v) is 2.64. The molecule has 1 aromatic carbocycles. The van der Waals surface area contributed by atoms with Crippen molar-refractivity contribution in [3.8, 4) is 5.88 Å². The van der Waals surface area contributed by atoms with Gasteiger partial charge in [-0.3, -0.25) is 0 Å². The number of rotatable bonds is 2. The summed E-state index contributed by atoms with van der Waals surface area (Å²) in [6.07, 6.45) is 5.31. The van der Waals surface area contributed by atoms with Crippen LogP contribution in [-0.2, 0) is 6.42 Å². The molecular weight excluding hydrogens is 290 g/mol. The summed E-state index contributed by atoms with van der Waals surface area (Å²) >= 11 is 3.38. The number of ether oxygens (including phenoxy) is 1. The first-order valence-corrected chi connectivity index (χ1v) is 6.98. The number of pyridine rings is 1. The SMILES string of the molecule is Brc1ccc(OC2CCCc3ccccc32)nc1. The number of aryl methyl sites for hydroxylation is 1.